The number of carbonyl (C=O) groups excluding carboxylic acids is 1. The van der Waals surface area contributed by atoms with Gasteiger partial charge in [-0.25, -0.2) is 0 Å². The zero-order chi connectivity index (χ0) is 17.9. The maximum Gasteiger partial charge on any atom is 0.254 e. The molecule has 5 nitrogen and oxygen atoms in total. The average Bonchev–Trinajstić information content (AvgIpc) is 2.63. The molecule has 0 bridgehead atoms. The first-order chi connectivity index (χ1) is 12.0. The number of likely N-dealkylation sites (tertiary alicyclic amines) is 1. The summed E-state index contributed by atoms with van der Waals surface area (Å²) in [6, 6.07) is 11.3. The molecule has 1 fully saturated rings. The van der Waals surface area contributed by atoms with Crippen LogP contribution in [0.5, 0.6) is 5.75 Å². The molecule has 1 aromatic heterocycles. The van der Waals surface area contributed by atoms with E-state index in [1.165, 1.54) is 0 Å². The number of pyridine rings is 1. The molecule has 1 saturated heterocycles. The summed E-state index contributed by atoms with van der Waals surface area (Å²) < 4.78 is 5.80. The second-order valence-corrected chi connectivity index (χ2v) is 7.29. The van der Waals surface area contributed by atoms with Crippen LogP contribution in [0.3, 0.4) is 0 Å². The van der Waals surface area contributed by atoms with Crippen LogP contribution in [0.1, 0.15) is 36.2 Å². The Morgan fingerprint density at radius 2 is 2.20 bits per heavy atom. The van der Waals surface area contributed by atoms with Gasteiger partial charge in [0.25, 0.3) is 5.91 Å². The molecule has 0 radical (unpaired) electrons. The second kappa shape index (κ2) is 7.23. The lowest BCUT2D eigenvalue weighted by Crippen LogP contribution is -2.53. The molecule has 0 spiro atoms. The zero-order valence-corrected chi connectivity index (χ0v) is 14.8. The van der Waals surface area contributed by atoms with Crippen molar-refractivity contribution in [2.24, 2.45) is 11.1 Å². The number of nitrogens with zero attached hydrogens (tertiary/aromatic N) is 2. The van der Waals surface area contributed by atoms with Crippen molar-refractivity contribution in [3.8, 4) is 5.75 Å². The first-order valence-electron chi connectivity index (χ1n) is 8.62. The lowest BCUT2D eigenvalue weighted by molar-refractivity contribution is 0.0532. The molecule has 5 heteroatoms. The van der Waals surface area contributed by atoms with Crippen LogP contribution < -0.4 is 10.5 Å². The van der Waals surface area contributed by atoms with Gasteiger partial charge in [0.2, 0.25) is 0 Å². The fourth-order valence-electron chi connectivity index (χ4n) is 3.10. The molecule has 132 valence electrons. The summed E-state index contributed by atoms with van der Waals surface area (Å²) in [5, 5.41) is 0. The van der Waals surface area contributed by atoms with Gasteiger partial charge in [-0.15, -0.1) is 0 Å². The minimum atomic E-state index is -0.0671. The van der Waals surface area contributed by atoms with E-state index in [1.807, 2.05) is 35.2 Å². The Bertz CT molecular complexity index is 731. The van der Waals surface area contributed by atoms with Crippen molar-refractivity contribution >= 4 is 5.91 Å². The van der Waals surface area contributed by atoms with Crippen molar-refractivity contribution in [2.45, 2.75) is 32.9 Å². The molecule has 1 unspecified atom stereocenters. The van der Waals surface area contributed by atoms with Crippen molar-refractivity contribution in [2.75, 3.05) is 13.1 Å². The van der Waals surface area contributed by atoms with Crippen LogP contribution in [-0.4, -0.2) is 34.9 Å². The third-order valence-electron chi connectivity index (χ3n) is 4.81. The molecule has 2 aromatic rings. The number of amides is 1. The highest BCUT2D eigenvalue weighted by Crippen LogP contribution is 2.29. The Labute approximate surface area is 148 Å². The van der Waals surface area contributed by atoms with E-state index in [0.29, 0.717) is 31.0 Å². The molecular formula is C20H25N3O2. The van der Waals surface area contributed by atoms with Crippen LogP contribution in [0, 0.1) is 5.41 Å². The first-order valence-corrected chi connectivity index (χ1v) is 8.62. The second-order valence-electron chi connectivity index (χ2n) is 7.29. The lowest BCUT2D eigenvalue weighted by atomic mass is 9.79. The molecule has 1 aliphatic rings. The minimum Gasteiger partial charge on any atom is -0.489 e. The van der Waals surface area contributed by atoms with Gasteiger partial charge in [-0.3, -0.25) is 9.78 Å². The molecule has 2 N–H and O–H groups in total. The molecule has 0 saturated carbocycles. The zero-order valence-electron chi connectivity index (χ0n) is 14.8. The number of nitrogens with two attached hydrogens (primary N) is 1. The van der Waals surface area contributed by atoms with E-state index in [4.69, 9.17) is 10.5 Å². The fourth-order valence-corrected chi connectivity index (χ4v) is 3.10. The summed E-state index contributed by atoms with van der Waals surface area (Å²) in [7, 11) is 0. The minimum absolute atomic E-state index is 0.0341. The maximum absolute atomic E-state index is 12.8. The van der Waals surface area contributed by atoms with Crippen LogP contribution in [0.25, 0.3) is 0 Å². The average molecular weight is 339 g/mol. The Morgan fingerprint density at radius 3 is 2.92 bits per heavy atom. The molecule has 1 aliphatic heterocycles. The largest absolute Gasteiger partial charge is 0.489 e. The number of piperidine rings is 1. The van der Waals surface area contributed by atoms with Crippen molar-refractivity contribution in [3.05, 3.63) is 59.9 Å². The summed E-state index contributed by atoms with van der Waals surface area (Å²) in [5.41, 5.74) is 7.74. The van der Waals surface area contributed by atoms with Crippen molar-refractivity contribution < 1.29 is 9.53 Å². The normalized spacial score (nSPS) is 19.5. The van der Waals surface area contributed by atoms with Gasteiger partial charge in [-0.05, 0) is 36.1 Å². The van der Waals surface area contributed by atoms with E-state index in [0.717, 1.165) is 12.0 Å². The predicted molar refractivity (Wildman–Crippen MR) is 97.3 cm³/mol. The quantitative estimate of drug-likeness (QED) is 0.930. The SMILES string of the molecule is CC1(C)CN(C(=O)c2cccc(OCc3cccnc3)c2)CCC1N. The Kier molecular flexibility index (Phi) is 5.04. The summed E-state index contributed by atoms with van der Waals surface area (Å²) in [6.07, 6.45) is 4.33. The standard InChI is InChI=1S/C20H25N3O2/c1-20(2)14-23(10-8-18(20)21)19(24)16-6-3-7-17(11-16)25-13-15-5-4-9-22-12-15/h3-7,9,11-12,18H,8,10,13-14,21H2,1-2H3. The van der Waals surface area contributed by atoms with E-state index in [2.05, 4.69) is 18.8 Å². The van der Waals surface area contributed by atoms with Crippen LogP contribution in [0.15, 0.2) is 48.8 Å². The van der Waals surface area contributed by atoms with E-state index < -0.39 is 0 Å². The van der Waals surface area contributed by atoms with E-state index in [1.54, 1.807) is 18.5 Å². The van der Waals surface area contributed by atoms with E-state index in [9.17, 15) is 4.79 Å². The van der Waals surface area contributed by atoms with Crippen molar-refractivity contribution in [3.63, 3.8) is 0 Å². The van der Waals surface area contributed by atoms with Gasteiger partial charge < -0.3 is 15.4 Å². The van der Waals surface area contributed by atoms with Gasteiger partial charge in [0.15, 0.2) is 0 Å². The van der Waals surface area contributed by atoms with Gasteiger partial charge in [0, 0.05) is 42.7 Å². The number of aromatic nitrogens is 1. The van der Waals surface area contributed by atoms with Crippen LogP contribution in [-0.2, 0) is 6.61 Å². The lowest BCUT2D eigenvalue weighted by Gasteiger charge is -2.42. The number of hydrogen-bond donors (Lipinski definition) is 1. The number of rotatable bonds is 4. The molecule has 0 aliphatic carbocycles. The van der Waals surface area contributed by atoms with Crippen molar-refractivity contribution in [1.29, 1.82) is 0 Å². The van der Waals surface area contributed by atoms with Crippen LogP contribution in [0.4, 0.5) is 0 Å². The highest BCUT2D eigenvalue weighted by molar-refractivity contribution is 5.94. The molecule has 1 amide bonds. The molecular weight excluding hydrogens is 314 g/mol. The summed E-state index contributed by atoms with van der Waals surface area (Å²) in [5.74, 6) is 0.717. The van der Waals surface area contributed by atoms with Crippen LogP contribution >= 0.6 is 0 Å². The Hall–Kier alpha value is -2.40. The third kappa shape index (κ3) is 4.17. The number of carbonyl (C=O) groups is 1. The fraction of sp³-hybridized carbons (Fsp3) is 0.400. The number of hydrogen-bond acceptors (Lipinski definition) is 4. The van der Waals surface area contributed by atoms with E-state index in [-0.39, 0.29) is 17.4 Å². The third-order valence-corrected chi connectivity index (χ3v) is 4.81. The first kappa shape index (κ1) is 17.4. The molecule has 1 atom stereocenters. The van der Waals surface area contributed by atoms with Gasteiger partial charge in [-0.1, -0.05) is 26.0 Å². The number of benzene rings is 1. The van der Waals surface area contributed by atoms with Gasteiger partial charge in [0.05, 0.1) is 0 Å². The molecule has 3 rings (SSSR count). The molecule has 2 heterocycles. The molecule has 1 aromatic carbocycles. The summed E-state index contributed by atoms with van der Waals surface area (Å²) >= 11 is 0. The highest BCUT2D eigenvalue weighted by atomic mass is 16.5. The number of ether oxygens (including phenoxy) is 1. The van der Waals surface area contributed by atoms with Crippen LogP contribution in [0.2, 0.25) is 0 Å². The monoisotopic (exact) mass is 339 g/mol. The van der Waals surface area contributed by atoms with Crippen molar-refractivity contribution in [1.82, 2.24) is 9.88 Å². The smallest absolute Gasteiger partial charge is 0.254 e. The maximum atomic E-state index is 12.8. The van der Waals surface area contributed by atoms with Gasteiger partial charge >= 0.3 is 0 Å². The highest BCUT2D eigenvalue weighted by Gasteiger charge is 2.35. The van der Waals surface area contributed by atoms with E-state index >= 15 is 0 Å². The Morgan fingerprint density at radius 1 is 1.36 bits per heavy atom. The topological polar surface area (TPSA) is 68.5 Å². The molecule has 25 heavy (non-hydrogen) atoms. The van der Waals surface area contributed by atoms with Gasteiger partial charge in [0.1, 0.15) is 12.4 Å². The Balaban J connectivity index is 1.67. The predicted octanol–water partition coefficient (Wildman–Crippen LogP) is 2.86. The summed E-state index contributed by atoms with van der Waals surface area (Å²) in [4.78, 5) is 18.8. The van der Waals surface area contributed by atoms with Gasteiger partial charge in [-0.2, -0.15) is 0 Å². The summed E-state index contributed by atoms with van der Waals surface area (Å²) in [6.45, 7) is 6.03.